The number of rotatable bonds is 2. The molecular weight excluding hydrogens is 382 g/mol. The van der Waals surface area contributed by atoms with Crippen LogP contribution >= 0.6 is 11.3 Å². The SMILES string of the molecule is COc1ccc2c(c1)oc1c3cccc4c5c6ccc(OC)cc6sc5n(c34)c21. The van der Waals surface area contributed by atoms with Crippen molar-refractivity contribution in [3.63, 3.8) is 0 Å². The predicted octanol–water partition coefficient (Wildman–Crippen LogP) is 6.81. The topological polar surface area (TPSA) is 36.0 Å². The number of furan rings is 1. The van der Waals surface area contributed by atoms with E-state index >= 15 is 0 Å². The first-order chi connectivity index (χ1) is 14.3. The first-order valence-corrected chi connectivity index (χ1v) is 10.2. The minimum absolute atomic E-state index is 0.801. The van der Waals surface area contributed by atoms with Gasteiger partial charge in [-0.2, -0.15) is 0 Å². The molecular formula is C24H15NO3S. The lowest BCUT2D eigenvalue weighted by atomic mass is 10.1. The van der Waals surface area contributed by atoms with Crippen molar-refractivity contribution in [2.45, 2.75) is 0 Å². The maximum atomic E-state index is 6.33. The second kappa shape index (κ2) is 5.13. The number of aromatic nitrogens is 1. The van der Waals surface area contributed by atoms with Crippen LogP contribution < -0.4 is 9.47 Å². The fraction of sp³-hybridized carbons (Fsp3) is 0.0833. The van der Waals surface area contributed by atoms with Crippen LogP contribution in [0.1, 0.15) is 0 Å². The van der Waals surface area contributed by atoms with Gasteiger partial charge in [0, 0.05) is 37.7 Å². The van der Waals surface area contributed by atoms with Gasteiger partial charge in [0.15, 0.2) is 5.58 Å². The summed E-state index contributed by atoms with van der Waals surface area (Å²) in [5.74, 6) is 1.68. The van der Waals surface area contributed by atoms with Crippen LogP contribution in [0.5, 0.6) is 11.5 Å². The average Bonchev–Trinajstić information content (AvgIpc) is 3.46. The van der Waals surface area contributed by atoms with Gasteiger partial charge in [-0.3, -0.25) is 4.40 Å². The molecule has 0 N–H and O–H groups in total. The summed E-state index contributed by atoms with van der Waals surface area (Å²) < 4.78 is 20.8. The zero-order chi connectivity index (χ0) is 19.3. The highest BCUT2D eigenvalue weighted by Crippen LogP contribution is 2.48. The van der Waals surface area contributed by atoms with Gasteiger partial charge in [-0.15, -0.1) is 11.3 Å². The molecule has 7 aromatic rings. The first-order valence-electron chi connectivity index (χ1n) is 9.43. The molecule has 0 aliphatic rings. The number of methoxy groups -OCH3 is 2. The molecule has 7 rings (SSSR count). The van der Waals surface area contributed by atoms with Crippen molar-refractivity contribution in [2.75, 3.05) is 14.2 Å². The standard InChI is InChI=1S/C24H15NO3S/c1-26-12-6-8-14-18(10-12)28-23-17-5-3-4-16-20-15-9-7-13(27-2)11-19(15)29-24(20)25(21(16)17)22(14)23/h3-11H,1-2H3. The Hall–Kier alpha value is -3.44. The molecule has 0 fully saturated rings. The number of ether oxygens (including phenoxy) is 2. The molecule has 4 aromatic heterocycles. The van der Waals surface area contributed by atoms with E-state index < -0.39 is 0 Å². The summed E-state index contributed by atoms with van der Waals surface area (Å²) in [4.78, 5) is 1.24. The van der Waals surface area contributed by atoms with Crippen molar-refractivity contribution in [2.24, 2.45) is 0 Å². The largest absolute Gasteiger partial charge is 0.497 e. The van der Waals surface area contributed by atoms with E-state index in [0.29, 0.717) is 0 Å². The Bertz CT molecular complexity index is 1730. The first kappa shape index (κ1) is 15.5. The smallest absolute Gasteiger partial charge is 0.161 e. The lowest BCUT2D eigenvalue weighted by Gasteiger charge is -1.99. The number of fused-ring (bicyclic) bond motifs is 10. The highest BCUT2D eigenvalue weighted by Gasteiger charge is 2.24. The van der Waals surface area contributed by atoms with Crippen molar-refractivity contribution in [1.29, 1.82) is 0 Å². The van der Waals surface area contributed by atoms with Gasteiger partial charge in [-0.05, 0) is 36.4 Å². The van der Waals surface area contributed by atoms with Crippen LogP contribution in [0.4, 0.5) is 0 Å². The maximum Gasteiger partial charge on any atom is 0.161 e. The van der Waals surface area contributed by atoms with Crippen molar-refractivity contribution in [3.05, 3.63) is 54.6 Å². The molecule has 140 valence electrons. The Kier molecular flexibility index (Phi) is 2.74. The molecule has 4 nitrogen and oxygen atoms in total. The van der Waals surface area contributed by atoms with Crippen LogP contribution in [-0.2, 0) is 0 Å². The number of thiophene rings is 1. The second-order valence-corrected chi connectivity index (χ2v) is 8.35. The van der Waals surface area contributed by atoms with Gasteiger partial charge in [-0.25, -0.2) is 0 Å². The summed E-state index contributed by atoms with van der Waals surface area (Å²) in [6.07, 6.45) is 0. The van der Waals surface area contributed by atoms with Crippen molar-refractivity contribution in [3.8, 4) is 11.5 Å². The number of hydrogen-bond acceptors (Lipinski definition) is 4. The van der Waals surface area contributed by atoms with Gasteiger partial charge in [0.1, 0.15) is 27.4 Å². The van der Waals surface area contributed by atoms with E-state index in [1.165, 1.54) is 31.2 Å². The summed E-state index contributed by atoms with van der Waals surface area (Å²) in [5, 5.41) is 6.09. The van der Waals surface area contributed by atoms with Gasteiger partial charge >= 0.3 is 0 Å². The predicted molar refractivity (Wildman–Crippen MR) is 119 cm³/mol. The third-order valence-corrected chi connectivity index (χ3v) is 7.09. The maximum absolute atomic E-state index is 6.33. The van der Waals surface area contributed by atoms with Crippen LogP contribution in [0.25, 0.3) is 58.7 Å². The Balaban J connectivity index is 1.76. The summed E-state index contributed by atoms with van der Waals surface area (Å²) in [6, 6.07) is 18.9. The average molecular weight is 397 g/mol. The van der Waals surface area contributed by atoms with Gasteiger partial charge in [0.2, 0.25) is 0 Å². The third kappa shape index (κ3) is 1.75. The second-order valence-electron chi connectivity index (χ2n) is 7.32. The fourth-order valence-electron chi connectivity index (χ4n) is 4.69. The van der Waals surface area contributed by atoms with Gasteiger partial charge < -0.3 is 13.9 Å². The molecule has 0 atom stereocenters. The molecule has 0 unspecified atom stereocenters. The minimum Gasteiger partial charge on any atom is -0.497 e. The van der Waals surface area contributed by atoms with E-state index in [0.717, 1.165) is 39.0 Å². The van der Waals surface area contributed by atoms with Crippen LogP contribution in [0.3, 0.4) is 0 Å². The van der Waals surface area contributed by atoms with Gasteiger partial charge in [0.05, 0.1) is 19.7 Å². The van der Waals surface area contributed by atoms with E-state index in [1.54, 1.807) is 25.6 Å². The molecule has 0 saturated heterocycles. The fourth-order valence-corrected chi connectivity index (χ4v) is 5.95. The highest BCUT2D eigenvalue weighted by atomic mass is 32.1. The van der Waals surface area contributed by atoms with Crippen molar-refractivity contribution in [1.82, 2.24) is 4.40 Å². The highest BCUT2D eigenvalue weighted by molar-refractivity contribution is 7.25. The summed E-state index contributed by atoms with van der Waals surface area (Å²) in [5.41, 5.74) is 4.15. The number of hydrogen-bond donors (Lipinski definition) is 0. The molecule has 0 aliphatic carbocycles. The summed E-state index contributed by atoms with van der Waals surface area (Å²) in [7, 11) is 3.39. The quantitative estimate of drug-likeness (QED) is 0.321. The van der Waals surface area contributed by atoms with Crippen LogP contribution in [0.15, 0.2) is 59.0 Å². The lowest BCUT2D eigenvalue weighted by molar-refractivity contribution is 0.414. The van der Waals surface area contributed by atoms with Crippen LogP contribution in [0.2, 0.25) is 0 Å². The molecule has 0 aliphatic heterocycles. The molecule has 4 heterocycles. The monoisotopic (exact) mass is 397 g/mol. The molecule has 5 heteroatoms. The summed E-state index contributed by atoms with van der Waals surface area (Å²) in [6.45, 7) is 0. The minimum atomic E-state index is 0.801. The summed E-state index contributed by atoms with van der Waals surface area (Å²) >= 11 is 1.80. The Morgan fingerprint density at radius 1 is 0.793 bits per heavy atom. The Morgan fingerprint density at radius 2 is 1.55 bits per heavy atom. The van der Waals surface area contributed by atoms with Crippen LogP contribution in [-0.4, -0.2) is 18.6 Å². The van der Waals surface area contributed by atoms with Crippen molar-refractivity contribution >= 4 is 70.0 Å². The number of benzene rings is 3. The molecule has 0 amide bonds. The molecule has 3 aromatic carbocycles. The molecule has 0 spiro atoms. The van der Waals surface area contributed by atoms with E-state index in [9.17, 15) is 0 Å². The third-order valence-electron chi connectivity index (χ3n) is 5.95. The normalized spacial score (nSPS) is 12.5. The molecule has 29 heavy (non-hydrogen) atoms. The number of nitrogens with zero attached hydrogens (tertiary/aromatic N) is 1. The zero-order valence-corrected chi connectivity index (χ0v) is 16.6. The van der Waals surface area contributed by atoms with Crippen molar-refractivity contribution < 1.29 is 13.9 Å². The van der Waals surface area contributed by atoms with E-state index in [-0.39, 0.29) is 0 Å². The van der Waals surface area contributed by atoms with Crippen LogP contribution in [0, 0.1) is 0 Å². The molecule has 0 saturated carbocycles. The van der Waals surface area contributed by atoms with E-state index in [2.05, 4.69) is 40.8 Å². The van der Waals surface area contributed by atoms with E-state index in [1.807, 2.05) is 18.2 Å². The number of para-hydroxylation sites is 1. The van der Waals surface area contributed by atoms with E-state index in [4.69, 9.17) is 13.9 Å². The molecule has 0 radical (unpaired) electrons. The molecule has 0 bridgehead atoms. The Labute approximate surface area is 168 Å². The Morgan fingerprint density at radius 3 is 2.38 bits per heavy atom. The van der Waals surface area contributed by atoms with Gasteiger partial charge in [-0.1, -0.05) is 12.1 Å². The zero-order valence-electron chi connectivity index (χ0n) is 15.8. The van der Waals surface area contributed by atoms with Gasteiger partial charge in [0.25, 0.3) is 0 Å². The lowest BCUT2D eigenvalue weighted by Crippen LogP contribution is -1.81.